The van der Waals surface area contributed by atoms with Gasteiger partial charge in [0, 0.05) is 32.1 Å². The molecule has 0 saturated carbocycles. The van der Waals surface area contributed by atoms with Gasteiger partial charge in [0.1, 0.15) is 17.5 Å². The molecule has 1 saturated heterocycles. The highest BCUT2D eigenvalue weighted by molar-refractivity contribution is 5.94. The number of nitrogens with zero attached hydrogens (tertiary/aromatic N) is 4. The van der Waals surface area contributed by atoms with Gasteiger partial charge in [-0.2, -0.15) is 5.10 Å². The van der Waals surface area contributed by atoms with Crippen LogP contribution in [0, 0.1) is 11.6 Å². The standard InChI is InChI=1S/C18H22F2N4O2/c1-11(2)24-16(21-22(3)18(24)26)12-5-4-8-23(10-12)17(25)14-9-13(19)6-7-15(14)20/h6-7,9,11-12H,4-5,8,10H2,1-3H3. The Morgan fingerprint density at radius 1 is 1.31 bits per heavy atom. The Balaban J connectivity index is 1.89. The number of amides is 1. The molecule has 0 N–H and O–H groups in total. The molecule has 0 bridgehead atoms. The van der Waals surface area contributed by atoms with E-state index in [0.29, 0.717) is 25.3 Å². The normalized spacial score (nSPS) is 17.8. The number of halogens is 2. The Labute approximate surface area is 150 Å². The highest BCUT2D eigenvalue weighted by Crippen LogP contribution is 2.27. The lowest BCUT2D eigenvalue weighted by molar-refractivity contribution is 0.0697. The van der Waals surface area contributed by atoms with Crippen LogP contribution in [0.25, 0.3) is 0 Å². The summed E-state index contributed by atoms with van der Waals surface area (Å²) in [5.74, 6) is -1.43. The molecule has 1 aromatic heterocycles. The summed E-state index contributed by atoms with van der Waals surface area (Å²) in [6, 6.07) is 2.81. The van der Waals surface area contributed by atoms with Gasteiger partial charge in [-0.3, -0.25) is 9.36 Å². The van der Waals surface area contributed by atoms with Crippen LogP contribution in [0.2, 0.25) is 0 Å². The van der Waals surface area contributed by atoms with Crippen LogP contribution in [-0.2, 0) is 7.05 Å². The SMILES string of the molecule is CC(C)n1c(C2CCCN(C(=O)c3cc(F)ccc3F)C2)nn(C)c1=O. The molecule has 1 fully saturated rings. The fraction of sp³-hybridized carbons (Fsp3) is 0.500. The van der Waals surface area contributed by atoms with Crippen molar-refractivity contribution in [2.24, 2.45) is 7.05 Å². The van der Waals surface area contributed by atoms with E-state index in [0.717, 1.165) is 24.6 Å². The van der Waals surface area contributed by atoms with Gasteiger partial charge in [-0.05, 0) is 44.9 Å². The van der Waals surface area contributed by atoms with Crippen LogP contribution in [-0.4, -0.2) is 38.2 Å². The van der Waals surface area contributed by atoms with Crippen LogP contribution >= 0.6 is 0 Å². The lowest BCUT2D eigenvalue weighted by Crippen LogP contribution is -2.40. The average molecular weight is 364 g/mol. The first-order valence-corrected chi connectivity index (χ1v) is 8.69. The summed E-state index contributed by atoms with van der Waals surface area (Å²) in [4.78, 5) is 26.5. The molecule has 1 unspecified atom stereocenters. The third-order valence-corrected chi connectivity index (χ3v) is 4.73. The molecule has 6 nitrogen and oxygen atoms in total. The molecule has 2 heterocycles. The van der Waals surface area contributed by atoms with E-state index in [1.165, 1.54) is 9.58 Å². The van der Waals surface area contributed by atoms with Crippen LogP contribution in [0.3, 0.4) is 0 Å². The Hall–Kier alpha value is -2.51. The average Bonchev–Trinajstić information content (AvgIpc) is 2.92. The van der Waals surface area contributed by atoms with Crippen molar-refractivity contribution < 1.29 is 13.6 Å². The largest absolute Gasteiger partial charge is 0.345 e. The summed E-state index contributed by atoms with van der Waals surface area (Å²) in [6.07, 6.45) is 1.48. The van der Waals surface area contributed by atoms with Crippen LogP contribution in [0.5, 0.6) is 0 Å². The highest BCUT2D eigenvalue weighted by atomic mass is 19.1. The number of rotatable bonds is 3. The van der Waals surface area contributed by atoms with Gasteiger partial charge in [-0.15, -0.1) is 0 Å². The van der Waals surface area contributed by atoms with Crippen molar-refractivity contribution in [1.29, 1.82) is 0 Å². The van der Waals surface area contributed by atoms with E-state index in [2.05, 4.69) is 5.10 Å². The summed E-state index contributed by atoms with van der Waals surface area (Å²) in [5, 5.41) is 4.35. The van der Waals surface area contributed by atoms with E-state index in [1.807, 2.05) is 13.8 Å². The molecule has 2 aromatic rings. The summed E-state index contributed by atoms with van der Waals surface area (Å²) >= 11 is 0. The first-order valence-electron chi connectivity index (χ1n) is 8.69. The molecule has 1 atom stereocenters. The third-order valence-electron chi connectivity index (χ3n) is 4.73. The number of hydrogen-bond acceptors (Lipinski definition) is 3. The number of piperidine rings is 1. The smallest absolute Gasteiger partial charge is 0.338 e. The minimum absolute atomic E-state index is 0.0575. The van der Waals surface area contributed by atoms with E-state index in [4.69, 9.17) is 0 Å². The van der Waals surface area contributed by atoms with Crippen molar-refractivity contribution in [1.82, 2.24) is 19.2 Å². The zero-order valence-corrected chi connectivity index (χ0v) is 15.1. The number of carbonyl (C=O) groups is 1. The van der Waals surface area contributed by atoms with Gasteiger partial charge in [0.2, 0.25) is 0 Å². The molecule has 8 heteroatoms. The van der Waals surface area contributed by atoms with Gasteiger partial charge in [0.25, 0.3) is 5.91 Å². The Morgan fingerprint density at radius 3 is 2.73 bits per heavy atom. The second-order valence-electron chi connectivity index (χ2n) is 6.94. The maximum atomic E-state index is 13.9. The molecule has 0 spiro atoms. The van der Waals surface area contributed by atoms with E-state index >= 15 is 0 Å². The Bertz CT molecular complexity index is 888. The molecule has 140 valence electrons. The maximum Gasteiger partial charge on any atom is 0.345 e. The number of likely N-dealkylation sites (tertiary alicyclic amines) is 1. The van der Waals surface area contributed by atoms with Crippen LogP contribution in [0.1, 0.15) is 54.8 Å². The first kappa shape index (κ1) is 18.3. The van der Waals surface area contributed by atoms with Crippen molar-refractivity contribution >= 4 is 5.91 Å². The molecule has 3 rings (SSSR count). The number of carbonyl (C=O) groups excluding carboxylic acids is 1. The summed E-state index contributed by atoms with van der Waals surface area (Å²) in [5.41, 5.74) is -0.470. The first-order chi connectivity index (χ1) is 12.3. The number of hydrogen-bond donors (Lipinski definition) is 0. The number of benzene rings is 1. The molecule has 1 amide bonds. The summed E-state index contributed by atoms with van der Waals surface area (Å²) < 4.78 is 30.3. The lowest BCUT2D eigenvalue weighted by atomic mass is 9.96. The Kier molecular flexibility index (Phi) is 4.93. The molecule has 1 aliphatic heterocycles. The van der Waals surface area contributed by atoms with E-state index in [9.17, 15) is 18.4 Å². The molecule has 1 aromatic carbocycles. The molecule has 26 heavy (non-hydrogen) atoms. The minimum atomic E-state index is -0.740. The number of aromatic nitrogens is 3. The Morgan fingerprint density at radius 2 is 2.04 bits per heavy atom. The fourth-order valence-electron chi connectivity index (χ4n) is 3.47. The quantitative estimate of drug-likeness (QED) is 0.841. The van der Waals surface area contributed by atoms with Gasteiger partial charge >= 0.3 is 5.69 Å². The predicted octanol–water partition coefficient (Wildman–Crippen LogP) is 2.46. The van der Waals surface area contributed by atoms with E-state index in [-0.39, 0.29) is 23.2 Å². The lowest BCUT2D eigenvalue weighted by Gasteiger charge is -2.32. The van der Waals surface area contributed by atoms with Crippen LogP contribution < -0.4 is 5.69 Å². The zero-order valence-electron chi connectivity index (χ0n) is 15.1. The maximum absolute atomic E-state index is 13.9. The van der Waals surface area contributed by atoms with Gasteiger partial charge in [-0.25, -0.2) is 18.3 Å². The van der Waals surface area contributed by atoms with Gasteiger partial charge < -0.3 is 4.90 Å². The molecule has 1 aliphatic rings. The monoisotopic (exact) mass is 364 g/mol. The van der Waals surface area contributed by atoms with Crippen molar-refractivity contribution in [2.45, 2.75) is 38.6 Å². The predicted molar refractivity (Wildman–Crippen MR) is 92.1 cm³/mol. The van der Waals surface area contributed by atoms with Crippen molar-refractivity contribution in [2.75, 3.05) is 13.1 Å². The summed E-state index contributed by atoms with van der Waals surface area (Å²) in [7, 11) is 1.60. The molecular formula is C18H22F2N4O2. The van der Waals surface area contributed by atoms with Gasteiger partial charge in [0.15, 0.2) is 0 Å². The number of aryl methyl sites for hydroxylation is 1. The van der Waals surface area contributed by atoms with Crippen molar-refractivity contribution in [3.05, 3.63) is 51.7 Å². The van der Waals surface area contributed by atoms with Crippen molar-refractivity contribution in [3.8, 4) is 0 Å². The second kappa shape index (κ2) is 7.01. The van der Waals surface area contributed by atoms with Crippen molar-refractivity contribution in [3.63, 3.8) is 0 Å². The highest BCUT2D eigenvalue weighted by Gasteiger charge is 2.31. The zero-order chi connectivity index (χ0) is 19.0. The van der Waals surface area contributed by atoms with E-state index in [1.54, 1.807) is 11.6 Å². The molecule has 0 radical (unpaired) electrons. The van der Waals surface area contributed by atoms with Crippen LogP contribution in [0.15, 0.2) is 23.0 Å². The fourth-order valence-corrected chi connectivity index (χ4v) is 3.47. The molecule has 0 aliphatic carbocycles. The van der Waals surface area contributed by atoms with Crippen LogP contribution in [0.4, 0.5) is 8.78 Å². The third kappa shape index (κ3) is 3.27. The molecular weight excluding hydrogens is 342 g/mol. The second-order valence-corrected chi connectivity index (χ2v) is 6.94. The van der Waals surface area contributed by atoms with Gasteiger partial charge in [-0.1, -0.05) is 0 Å². The van der Waals surface area contributed by atoms with Gasteiger partial charge in [0.05, 0.1) is 5.56 Å². The summed E-state index contributed by atoms with van der Waals surface area (Å²) in [6.45, 7) is 4.59. The van der Waals surface area contributed by atoms with E-state index < -0.39 is 17.5 Å². The minimum Gasteiger partial charge on any atom is -0.338 e. The topological polar surface area (TPSA) is 60.1 Å².